The maximum atomic E-state index is 5.92. The van der Waals surface area contributed by atoms with Crippen molar-refractivity contribution in [1.82, 2.24) is 15.2 Å². The van der Waals surface area contributed by atoms with Crippen molar-refractivity contribution in [1.29, 1.82) is 0 Å². The molecule has 3 rings (SSSR count). The minimum atomic E-state index is 0.196. The third-order valence-corrected chi connectivity index (χ3v) is 4.11. The summed E-state index contributed by atoms with van der Waals surface area (Å²) in [7, 11) is 1.85. The number of guanidine groups is 1. The van der Waals surface area contributed by atoms with Gasteiger partial charge in [-0.3, -0.25) is 4.99 Å². The summed E-state index contributed by atoms with van der Waals surface area (Å²) in [5.41, 5.74) is 0. The summed E-state index contributed by atoms with van der Waals surface area (Å²) in [4.78, 5) is 10.9. The van der Waals surface area contributed by atoms with Gasteiger partial charge in [0.1, 0.15) is 6.10 Å². The predicted molar refractivity (Wildman–Crippen MR) is 83.5 cm³/mol. The Balaban J connectivity index is 1.45. The standard InChI is InChI=1S/C16H24N4O/c1-17-16(19-10-7-13-5-6-13)20-11-8-14(12-20)21-15-4-2-3-9-18-15/h2-4,9,13-14H,5-8,10-12H2,1H3,(H,17,19). The van der Waals surface area contributed by atoms with Gasteiger partial charge in [-0.05, 0) is 18.4 Å². The fraction of sp³-hybridized carbons (Fsp3) is 0.625. The van der Waals surface area contributed by atoms with Crippen molar-refractivity contribution in [2.45, 2.75) is 31.8 Å². The number of likely N-dealkylation sites (tertiary alicyclic amines) is 1. The van der Waals surface area contributed by atoms with Gasteiger partial charge in [0.15, 0.2) is 5.96 Å². The van der Waals surface area contributed by atoms with Crippen LogP contribution in [-0.2, 0) is 0 Å². The fourth-order valence-electron chi connectivity index (χ4n) is 2.73. The topological polar surface area (TPSA) is 49.8 Å². The molecule has 1 aromatic heterocycles. The zero-order valence-electron chi connectivity index (χ0n) is 12.7. The quantitative estimate of drug-likeness (QED) is 0.664. The molecule has 1 atom stereocenters. The molecule has 1 saturated heterocycles. The summed E-state index contributed by atoms with van der Waals surface area (Å²) in [6.07, 6.45) is 7.05. The molecule has 1 aromatic rings. The third-order valence-electron chi connectivity index (χ3n) is 4.11. The SMILES string of the molecule is CN=C(NCCC1CC1)N1CCC(Oc2ccccn2)C1. The monoisotopic (exact) mass is 288 g/mol. The second-order valence-corrected chi connectivity index (χ2v) is 5.85. The molecule has 5 heteroatoms. The highest BCUT2D eigenvalue weighted by Gasteiger charge is 2.27. The number of aliphatic imine (C=N–C) groups is 1. The van der Waals surface area contributed by atoms with Gasteiger partial charge in [0.05, 0.1) is 6.54 Å². The summed E-state index contributed by atoms with van der Waals surface area (Å²) >= 11 is 0. The van der Waals surface area contributed by atoms with Crippen LogP contribution in [0.25, 0.3) is 0 Å². The molecule has 0 spiro atoms. The van der Waals surface area contributed by atoms with Crippen LogP contribution in [0, 0.1) is 5.92 Å². The number of nitrogens with one attached hydrogen (secondary N) is 1. The van der Waals surface area contributed by atoms with Gasteiger partial charge >= 0.3 is 0 Å². The Hall–Kier alpha value is -1.78. The Labute approximate surface area is 126 Å². The van der Waals surface area contributed by atoms with E-state index in [0.717, 1.165) is 37.9 Å². The van der Waals surface area contributed by atoms with Crippen LogP contribution >= 0.6 is 0 Å². The van der Waals surface area contributed by atoms with E-state index in [-0.39, 0.29) is 6.10 Å². The highest BCUT2D eigenvalue weighted by Crippen LogP contribution is 2.31. The average Bonchev–Trinajstić information content (AvgIpc) is 3.23. The zero-order chi connectivity index (χ0) is 14.5. The Morgan fingerprint density at radius 2 is 2.33 bits per heavy atom. The van der Waals surface area contributed by atoms with Crippen LogP contribution in [0.3, 0.4) is 0 Å². The molecule has 0 amide bonds. The minimum absolute atomic E-state index is 0.196. The number of nitrogens with zero attached hydrogens (tertiary/aromatic N) is 3. The number of hydrogen-bond acceptors (Lipinski definition) is 3. The van der Waals surface area contributed by atoms with Crippen molar-refractivity contribution in [3.8, 4) is 5.88 Å². The lowest BCUT2D eigenvalue weighted by Gasteiger charge is -2.21. The van der Waals surface area contributed by atoms with Gasteiger partial charge in [-0.15, -0.1) is 0 Å². The van der Waals surface area contributed by atoms with E-state index in [9.17, 15) is 0 Å². The van der Waals surface area contributed by atoms with Crippen molar-refractivity contribution in [3.63, 3.8) is 0 Å². The first-order valence-electron chi connectivity index (χ1n) is 7.88. The molecular formula is C16H24N4O. The summed E-state index contributed by atoms with van der Waals surface area (Å²) in [5.74, 6) is 2.67. The highest BCUT2D eigenvalue weighted by atomic mass is 16.5. The first kappa shape index (κ1) is 14.2. The summed E-state index contributed by atoms with van der Waals surface area (Å²) in [5, 5.41) is 3.47. The van der Waals surface area contributed by atoms with Crippen LogP contribution in [0.4, 0.5) is 0 Å². The smallest absolute Gasteiger partial charge is 0.213 e. The van der Waals surface area contributed by atoms with Crippen LogP contribution < -0.4 is 10.1 Å². The van der Waals surface area contributed by atoms with Gasteiger partial charge in [-0.2, -0.15) is 0 Å². The first-order valence-corrected chi connectivity index (χ1v) is 7.88. The summed E-state index contributed by atoms with van der Waals surface area (Å²) < 4.78 is 5.92. The van der Waals surface area contributed by atoms with Gasteiger partial charge < -0.3 is 15.0 Å². The second-order valence-electron chi connectivity index (χ2n) is 5.85. The number of rotatable bonds is 5. The third kappa shape index (κ3) is 4.09. The average molecular weight is 288 g/mol. The zero-order valence-corrected chi connectivity index (χ0v) is 12.7. The largest absolute Gasteiger partial charge is 0.472 e. The maximum Gasteiger partial charge on any atom is 0.213 e. The van der Waals surface area contributed by atoms with Crippen molar-refractivity contribution < 1.29 is 4.74 Å². The van der Waals surface area contributed by atoms with E-state index in [1.165, 1.54) is 19.3 Å². The molecule has 2 heterocycles. The van der Waals surface area contributed by atoms with Gasteiger partial charge in [0, 0.05) is 38.8 Å². The van der Waals surface area contributed by atoms with Gasteiger partial charge in [0.2, 0.25) is 5.88 Å². The first-order chi connectivity index (χ1) is 10.3. The minimum Gasteiger partial charge on any atom is -0.472 e. The van der Waals surface area contributed by atoms with E-state index in [1.807, 2.05) is 25.2 Å². The molecule has 1 aliphatic heterocycles. The molecule has 1 saturated carbocycles. The number of ether oxygens (including phenoxy) is 1. The van der Waals surface area contributed by atoms with Gasteiger partial charge in [-0.25, -0.2) is 4.98 Å². The van der Waals surface area contributed by atoms with Gasteiger partial charge in [0.25, 0.3) is 0 Å². The Bertz CT molecular complexity index is 472. The molecule has 0 bridgehead atoms. The molecule has 0 aromatic carbocycles. The van der Waals surface area contributed by atoms with E-state index in [0.29, 0.717) is 5.88 Å². The van der Waals surface area contributed by atoms with Crippen molar-refractivity contribution >= 4 is 5.96 Å². The molecular weight excluding hydrogens is 264 g/mol. The Kier molecular flexibility index (Phi) is 4.58. The molecule has 2 fully saturated rings. The second kappa shape index (κ2) is 6.78. The Morgan fingerprint density at radius 3 is 3.05 bits per heavy atom. The molecule has 21 heavy (non-hydrogen) atoms. The van der Waals surface area contributed by atoms with Crippen molar-refractivity contribution in [2.75, 3.05) is 26.7 Å². The molecule has 1 unspecified atom stereocenters. The lowest BCUT2D eigenvalue weighted by molar-refractivity contribution is 0.205. The number of hydrogen-bond donors (Lipinski definition) is 1. The van der Waals surface area contributed by atoms with Crippen molar-refractivity contribution in [3.05, 3.63) is 24.4 Å². The van der Waals surface area contributed by atoms with Crippen LogP contribution in [-0.4, -0.2) is 48.6 Å². The van der Waals surface area contributed by atoms with Crippen LogP contribution in [0.1, 0.15) is 25.7 Å². The van der Waals surface area contributed by atoms with Gasteiger partial charge in [-0.1, -0.05) is 18.9 Å². The summed E-state index contributed by atoms with van der Waals surface area (Å²) in [6.45, 7) is 2.89. The highest BCUT2D eigenvalue weighted by molar-refractivity contribution is 5.80. The van der Waals surface area contributed by atoms with E-state index in [1.54, 1.807) is 6.20 Å². The molecule has 2 aliphatic rings. The van der Waals surface area contributed by atoms with E-state index in [4.69, 9.17) is 4.74 Å². The predicted octanol–water partition coefficient (Wildman–Crippen LogP) is 1.91. The fourth-order valence-corrected chi connectivity index (χ4v) is 2.73. The number of pyridine rings is 1. The lowest BCUT2D eigenvalue weighted by Crippen LogP contribution is -2.41. The van der Waals surface area contributed by atoms with Crippen LogP contribution in [0.5, 0.6) is 5.88 Å². The maximum absolute atomic E-state index is 5.92. The van der Waals surface area contributed by atoms with E-state index in [2.05, 4.69) is 20.2 Å². The molecule has 114 valence electrons. The van der Waals surface area contributed by atoms with E-state index >= 15 is 0 Å². The van der Waals surface area contributed by atoms with E-state index < -0.39 is 0 Å². The Morgan fingerprint density at radius 1 is 1.43 bits per heavy atom. The molecule has 1 N–H and O–H groups in total. The normalized spacial score (nSPS) is 22.4. The lowest BCUT2D eigenvalue weighted by atomic mass is 10.3. The van der Waals surface area contributed by atoms with Crippen molar-refractivity contribution in [2.24, 2.45) is 10.9 Å². The molecule has 1 aliphatic carbocycles. The van der Waals surface area contributed by atoms with Crippen LogP contribution in [0.2, 0.25) is 0 Å². The molecule has 0 radical (unpaired) electrons. The molecule has 5 nitrogen and oxygen atoms in total. The summed E-state index contributed by atoms with van der Waals surface area (Å²) in [6, 6.07) is 5.76. The number of aromatic nitrogens is 1. The van der Waals surface area contributed by atoms with Crippen LogP contribution in [0.15, 0.2) is 29.4 Å².